The molecule has 3 aromatic carbocycles. The van der Waals surface area contributed by atoms with E-state index in [1.807, 2.05) is 36.4 Å². The molecular weight excluding hydrogens is 604 g/mol. The van der Waals surface area contributed by atoms with Crippen molar-refractivity contribution in [3.05, 3.63) is 95.1 Å². The van der Waals surface area contributed by atoms with Crippen molar-refractivity contribution < 1.29 is 42.4 Å². The number of benzene rings is 3. The second-order valence-electron chi connectivity index (χ2n) is 11.0. The lowest BCUT2D eigenvalue weighted by atomic mass is 9.79. The summed E-state index contributed by atoms with van der Waals surface area (Å²) in [5.41, 5.74) is 3.18. The third kappa shape index (κ3) is 5.47. The highest BCUT2D eigenvalue weighted by Gasteiger charge is 2.43. The van der Waals surface area contributed by atoms with Gasteiger partial charge >= 0.3 is 0 Å². The highest BCUT2D eigenvalue weighted by atomic mass is 16.5. The van der Waals surface area contributed by atoms with Crippen molar-refractivity contribution in [2.24, 2.45) is 0 Å². The molecule has 1 aliphatic carbocycles. The van der Waals surface area contributed by atoms with Gasteiger partial charge in [-0.25, -0.2) is 0 Å². The number of nitrogens with one attached hydrogen (secondary N) is 1. The zero-order chi connectivity index (χ0) is 33.2. The van der Waals surface area contributed by atoms with Gasteiger partial charge in [0.05, 0.1) is 66.3 Å². The van der Waals surface area contributed by atoms with Crippen molar-refractivity contribution in [3.8, 4) is 34.5 Å². The normalized spacial score (nSPS) is 17.1. The van der Waals surface area contributed by atoms with Crippen molar-refractivity contribution in [2.75, 3.05) is 52.9 Å². The van der Waals surface area contributed by atoms with E-state index in [9.17, 15) is 4.79 Å². The molecule has 4 aromatic rings. The Kier molecular flexibility index (Phi) is 8.71. The lowest BCUT2D eigenvalue weighted by Crippen LogP contribution is -2.38. The van der Waals surface area contributed by atoms with E-state index in [0.29, 0.717) is 69.1 Å². The lowest BCUT2D eigenvalue weighted by Gasteiger charge is -2.35. The third-order valence-electron chi connectivity index (χ3n) is 8.57. The van der Waals surface area contributed by atoms with Gasteiger partial charge in [0.25, 0.3) is 5.91 Å². The molecule has 2 aliphatic rings. The maximum atomic E-state index is 15.0. The number of fused-ring (bicyclic) bond motifs is 1. The summed E-state index contributed by atoms with van der Waals surface area (Å²) in [5.74, 6) is 2.12. The Morgan fingerprint density at radius 3 is 1.91 bits per heavy atom. The van der Waals surface area contributed by atoms with Crippen molar-refractivity contribution in [1.82, 2.24) is 0 Å². The zero-order valence-electron chi connectivity index (χ0n) is 27.0. The summed E-state index contributed by atoms with van der Waals surface area (Å²) in [6.07, 6.45) is 2.28. The number of amides is 1. The fraction of sp³-hybridized carbons (Fsp3) is 0.278. The number of ether oxygens (including phenoxy) is 6. The van der Waals surface area contributed by atoms with Gasteiger partial charge in [-0.05, 0) is 60.5 Å². The number of anilines is 2. The molecule has 0 saturated heterocycles. The SMILES string of the molecule is COc1cc(C(=O)N2c3ccccc3NC3=C(C(=O)C[C@H](c4ccco4)C3)[C@@H]2c2cc(OC)c(OC)c(OC)c2)cc(OC)c1OC. The van der Waals surface area contributed by atoms with E-state index in [0.717, 1.165) is 5.76 Å². The minimum absolute atomic E-state index is 0.130. The standard InChI is InChI=1S/C36H36N2O9/c1-41-28-16-21(17-29(42-2)34(28)45-5)33-32-24(14-20(15-26(32)39)27-12-9-13-47-27)37-23-10-7-8-11-25(23)38(33)36(40)22-18-30(43-3)35(46-6)31(19-22)44-4/h7-13,16-20,33,37H,14-15H2,1-6H3/t20-,33+/m1/s1. The summed E-state index contributed by atoms with van der Waals surface area (Å²) in [4.78, 5) is 31.1. The fourth-order valence-electron chi connectivity index (χ4n) is 6.46. The lowest BCUT2D eigenvalue weighted by molar-refractivity contribution is -0.116. The monoisotopic (exact) mass is 640 g/mol. The molecule has 0 radical (unpaired) electrons. The van der Waals surface area contributed by atoms with Crippen LogP contribution in [0, 0.1) is 0 Å². The van der Waals surface area contributed by atoms with Gasteiger partial charge < -0.3 is 38.2 Å². The second kappa shape index (κ2) is 13.0. The minimum atomic E-state index is -0.911. The van der Waals surface area contributed by atoms with Gasteiger partial charge in [0.1, 0.15) is 5.76 Å². The number of hydrogen-bond acceptors (Lipinski definition) is 10. The smallest absolute Gasteiger partial charge is 0.259 e. The second-order valence-corrected chi connectivity index (χ2v) is 11.0. The molecule has 47 heavy (non-hydrogen) atoms. The molecule has 2 heterocycles. The molecule has 0 fully saturated rings. The number of para-hydroxylation sites is 2. The number of ketones is 1. The fourth-order valence-corrected chi connectivity index (χ4v) is 6.46. The topological polar surface area (TPSA) is 118 Å². The molecule has 1 aliphatic heterocycles. The number of furan rings is 1. The van der Waals surface area contributed by atoms with Gasteiger partial charge in [0.15, 0.2) is 28.8 Å². The number of methoxy groups -OCH3 is 6. The number of carbonyl (C=O) groups excluding carboxylic acids is 2. The largest absolute Gasteiger partial charge is 0.493 e. The van der Waals surface area contributed by atoms with Gasteiger partial charge in [-0.1, -0.05) is 12.1 Å². The predicted octanol–water partition coefficient (Wildman–Crippen LogP) is 6.55. The zero-order valence-corrected chi connectivity index (χ0v) is 27.0. The van der Waals surface area contributed by atoms with Gasteiger partial charge in [0, 0.05) is 29.2 Å². The molecule has 6 rings (SSSR count). The highest BCUT2D eigenvalue weighted by molar-refractivity contribution is 6.12. The van der Waals surface area contributed by atoms with E-state index >= 15 is 4.79 Å². The molecule has 0 saturated carbocycles. The molecule has 0 spiro atoms. The van der Waals surface area contributed by atoms with E-state index in [2.05, 4.69) is 5.32 Å². The van der Waals surface area contributed by atoms with Gasteiger partial charge in [-0.15, -0.1) is 0 Å². The predicted molar refractivity (Wildman–Crippen MR) is 175 cm³/mol. The number of nitrogens with zero attached hydrogens (tertiary/aromatic N) is 1. The van der Waals surface area contributed by atoms with Crippen molar-refractivity contribution in [2.45, 2.75) is 24.8 Å². The minimum Gasteiger partial charge on any atom is -0.493 e. The summed E-state index contributed by atoms with van der Waals surface area (Å²) in [5, 5.41) is 3.53. The number of hydrogen-bond donors (Lipinski definition) is 1. The average molecular weight is 641 g/mol. The Hall–Kier alpha value is -5.58. The Morgan fingerprint density at radius 1 is 0.766 bits per heavy atom. The third-order valence-corrected chi connectivity index (χ3v) is 8.57. The Morgan fingerprint density at radius 2 is 1.36 bits per heavy atom. The van der Waals surface area contributed by atoms with Crippen molar-refractivity contribution in [3.63, 3.8) is 0 Å². The molecular formula is C36H36N2O9. The van der Waals surface area contributed by atoms with Crippen LogP contribution in [0.25, 0.3) is 0 Å². The first kappa shape index (κ1) is 31.4. The Labute approximate surface area is 272 Å². The molecule has 1 amide bonds. The maximum absolute atomic E-state index is 15.0. The molecule has 0 bridgehead atoms. The van der Waals surface area contributed by atoms with Crippen LogP contribution in [0.2, 0.25) is 0 Å². The first-order chi connectivity index (χ1) is 22.9. The van der Waals surface area contributed by atoms with E-state index in [1.165, 1.54) is 42.7 Å². The van der Waals surface area contributed by atoms with Crippen LogP contribution in [0.15, 0.2) is 82.6 Å². The highest BCUT2D eigenvalue weighted by Crippen LogP contribution is 2.51. The molecule has 1 N–H and O–H groups in total. The van der Waals surface area contributed by atoms with Gasteiger partial charge in [0.2, 0.25) is 11.5 Å². The number of Topliss-reactive ketones (excluding diaryl/α,β-unsaturated/α-hetero) is 1. The van der Waals surface area contributed by atoms with E-state index in [4.69, 9.17) is 32.8 Å². The van der Waals surface area contributed by atoms with Crippen LogP contribution in [-0.2, 0) is 4.79 Å². The number of carbonyl (C=O) groups is 2. The Bertz CT molecular complexity index is 1800. The van der Waals surface area contributed by atoms with Crippen molar-refractivity contribution >= 4 is 23.1 Å². The van der Waals surface area contributed by atoms with E-state index < -0.39 is 11.9 Å². The Balaban J connectivity index is 1.64. The molecule has 1 aromatic heterocycles. The van der Waals surface area contributed by atoms with Crippen LogP contribution in [0.4, 0.5) is 11.4 Å². The van der Waals surface area contributed by atoms with Crippen LogP contribution in [0.3, 0.4) is 0 Å². The molecule has 2 atom stereocenters. The molecule has 0 unspecified atom stereocenters. The van der Waals surface area contributed by atoms with E-state index in [1.54, 1.807) is 35.4 Å². The first-order valence-corrected chi connectivity index (χ1v) is 15.0. The summed E-state index contributed by atoms with van der Waals surface area (Å²) >= 11 is 0. The summed E-state index contributed by atoms with van der Waals surface area (Å²) in [6.45, 7) is 0. The van der Waals surface area contributed by atoms with Gasteiger partial charge in [-0.3, -0.25) is 14.5 Å². The molecule has 244 valence electrons. The molecule has 11 nitrogen and oxygen atoms in total. The van der Waals surface area contributed by atoms with Crippen LogP contribution in [-0.4, -0.2) is 54.3 Å². The van der Waals surface area contributed by atoms with Crippen LogP contribution < -0.4 is 38.6 Å². The first-order valence-electron chi connectivity index (χ1n) is 15.0. The number of allylic oxidation sites excluding steroid dienone is 1. The van der Waals surface area contributed by atoms with Crippen LogP contribution >= 0.6 is 0 Å². The maximum Gasteiger partial charge on any atom is 0.259 e. The summed E-state index contributed by atoms with van der Waals surface area (Å²) in [7, 11) is 9.04. The van der Waals surface area contributed by atoms with Crippen LogP contribution in [0.1, 0.15) is 46.5 Å². The van der Waals surface area contributed by atoms with E-state index in [-0.39, 0.29) is 23.7 Å². The quantitative estimate of drug-likeness (QED) is 0.216. The number of rotatable bonds is 9. The van der Waals surface area contributed by atoms with Crippen molar-refractivity contribution in [1.29, 1.82) is 0 Å². The summed E-state index contributed by atoms with van der Waals surface area (Å²) in [6, 6.07) is 17.0. The van der Waals surface area contributed by atoms with Gasteiger partial charge in [-0.2, -0.15) is 0 Å². The summed E-state index contributed by atoms with van der Waals surface area (Å²) < 4.78 is 39.5. The van der Waals surface area contributed by atoms with Crippen LogP contribution in [0.5, 0.6) is 34.5 Å². The molecule has 11 heteroatoms. The average Bonchev–Trinajstić information content (AvgIpc) is 3.60.